The quantitative estimate of drug-likeness (QED) is 0.751. The summed E-state index contributed by atoms with van der Waals surface area (Å²) in [5, 5.41) is 3.57. The predicted octanol–water partition coefficient (Wildman–Crippen LogP) is 3.38. The van der Waals surface area contributed by atoms with Crippen molar-refractivity contribution < 1.29 is 0 Å². The average Bonchev–Trinajstić information content (AvgIpc) is 2.77. The summed E-state index contributed by atoms with van der Waals surface area (Å²) in [7, 11) is 0. The Morgan fingerprint density at radius 1 is 1.35 bits per heavy atom. The highest BCUT2D eigenvalue weighted by atomic mass is 15.1. The Kier molecular flexibility index (Phi) is 6.27. The molecule has 0 aliphatic heterocycles. The number of aromatic nitrogens is 2. The van der Waals surface area contributed by atoms with Crippen molar-refractivity contribution in [3.05, 3.63) is 18.2 Å². The zero-order valence-corrected chi connectivity index (χ0v) is 11.7. The summed E-state index contributed by atoms with van der Waals surface area (Å²) in [5.74, 6) is 1.94. The van der Waals surface area contributed by atoms with Crippen molar-refractivity contribution in [1.82, 2.24) is 14.9 Å². The maximum Gasteiger partial charge on any atom is 0.125 e. The molecule has 2 atom stereocenters. The second kappa shape index (κ2) is 7.49. The zero-order chi connectivity index (χ0) is 12.7. The standard InChI is InChI=1S/C14H27N3/c1-5-9-17-10-8-16-14(17)13(15-7-3)11-12(4)6-2/h8,10,12-13,15H,5-7,9,11H2,1-4H3. The van der Waals surface area contributed by atoms with Crippen LogP contribution >= 0.6 is 0 Å². The predicted molar refractivity (Wildman–Crippen MR) is 73.0 cm³/mol. The van der Waals surface area contributed by atoms with Gasteiger partial charge >= 0.3 is 0 Å². The summed E-state index contributed by atoms with van der Waals surface area (Å²) in [6.07, 6.45) is 7.58. The van der Waals surface area contributed by atoms with E-state index in [0.717, 1.165) is 25.4 Å². The van der Waals surface area contributed by atoms with Crippen molar-refractivity contribution in [3.8, 4) is 0 Å². The number of hydrogen-bond acceptors (Lipinski definition) is 2. The van der Waals surface area contributed by atoms with Crippen molar-refractivity contribution in [2.75, 3.05) is 6.54 Å². The summed E-state index contributed by atoms with van der Waals surface area (Å²) in [6.45, 7) is 11.0. The number of nitrogens with zero attached hydrogens (tertiary/aromatic N) is 2. The first-order valence-electron chi connectivity index (χ1n) is 6.97. The van der Waals surface area contributed by atoms with Crippen LogP contribution in [0.15, 0.2) is 12.4 Å². The molecule has 3 nitrogen and oxygen atoms in total. The number of aryl methyl sites for hydroxylation is 1. The molecule has 0 radical (unpaired) electrons. The molecule has 1 aromatic rings. The van der Waals surface area contributed by atoms with Crippen molar-refractivity contribution in [3.63, 3.8) is 0 Å². The van der Waals surface area contributed by atoms with Crippen LogP contribution < -0.4 is 5.32 Å². The maximum absolute atomic E-state index is 4.54. The average molecular weight is 237 g/mol. The minimum absolute atomic E-state index is 0.400. The Balaban J connectivity index is 2.77. The first-order chi connectivity index (χ1) is 8.22. The molecule has 3 heteroatoms. The Bertz CT molecular complexity index is 306. The summed E-state index contributed by atoms with van der Waals surface area (Å²) >= 11 is 0. The molecule has 2 unspecified atom stereocenters. The molecule has 0 amide bonds. The van der Waals surface area contributed by atoms with Crippen molar-refractivity contribution in [1.29, 1.82) is 0 Å². The lowest BCUT2D eigenvalue weighted by molar-refractivity contribution is 0.384. The van der Waals surface area contributed by atoms with Crippen LogP contribution in [-0.4, -0.2) is 16.1 Å². The Labute approximate surface area is 106 Å². The molecular formula is C14H27N3. The van der Waals surface area contributed by atoms with E-state index >= 15 is 0 Å². The molecule has 0 fully saturated rings. The molecular weight excluding hydrogens is 210 g/mol. The van der Waals surface area contributed by atoms with Gasteiger partial charge in [0.15, 0.2) is 0 Å². The fourth-order valence-corrected chi connectivity index (χ4v) is 2.16. The van der Waals surface area contributed by atoms with Gasteiger partial charge in [-0.2, -0.15) is 0 Å². The first-order valence-corrected chi connectivity index (χ1v) is 6.97. The minimum Gasteiger partial charge on any atom is -0.334 e. The minimum atomic E-state index is 0.400. The van der Waals surface area contributed by atoms with Gasteiger partial charge in [0.05, 0.1) is 6.04 Å². The van der Waals surface area contributed by atoms with E-state index in [-0.39, 0.29) is 0 Å². The fraction of sp³-hybridized carbons (Fsp3) is 0.786. The van der Waals surface area contributed by atoms with Gasteiger partial charge in [-0.25, -0.2) is 4.98 Å². The highest BCUT2D eigenvalue weighted by Crippen LogP contribution is 2.22. The number of nitrogens with one attached hydrogen (secondary N) is 1. The van der Waals surface area contributed by atoms with E-state index in [1.165, 1.54) is 18.7 Å². The van der Waals surface area contributed by atoms with Crippen molar-refractivity contribution in [2.45, 2.75) is 59.5 Å². The third-order valence-electron chi connectivity index (χ3n) is 3.31. The van der Waals surface area contributed by atoms with Gasteiger partial charge in [0.2, 0.25) is 0 Å². The molecule has 0 saturated heterocycles. The lowest BCUT2D eigenvalue weighted by atomic mass is 9.98. The second-order valence-corrected chi connectivity index (χ2v) is 4.84. The van der Waals surface area contributed by atoms with Crippen LogP contribution in [0.2, 0.25) is 0 Å². The van der Waals surface area contributed by atoms with Gasteiger partial charge in [0, 0.05) is 18.9 Å². The van der Waals surface area contributed by atoms with Gasteiger partial charge in [-0.15, -0.1) is 0 Å². The van der Waals surface area contributed by atoms with Gasteiger partial charge in [-0.1, -0.05) is 34.1 Å². The van der Waals surface area contributed by atoms with E-state index in [1.807, 2.05) is 6.20 Å². The zero-order valence-electron chi connectivity index (χ0n) is 11.7. The number of imidazole rings is 1. The van der Waals surface area contributed by atoms with Crippen LogP contribution in [0.1, 0.15) is 58.8 Å². The highest BCUT2D eigenvalue weighted by Gasteiger charge is 2.17. The molecule has 0 aromatic carbocycles. The van der Waals surface area contributed by atoms with Crippen LogP contribution in [0.25, 0.3) is 0 Å². The SMILES string of the molecule is CCCn1ccnc1C(CC(C)CC)NCC. The molecule has 1 aromatic heterocycles. The summed E-state index contributed by atoms with van der Waals surface area (Å²) in [4.78, 5) is 4.54. The van der Waals surface area contributed by atoms with E-state index in [0.29, 0.717) is 6.04 Å². The molecule has 1 N–H and O–H groups in total. The van der Waals surface area contributed by atoms with Crippen LogP contribution in [-0.2, 0) is 6.54 Å². The van der Waals surface area contributed by atoms with E-state index in [9.17, 15) is 0 Å². The molecule has 0 bridgehead atoms. The monoisotopic (exact) mass is 237 g/mol. The Morgan fingerprint density at radius 2 is 2.12 bits per heavy atom. The molecule has 17 heavy (non-hydrogen) atoms. The van der Waals surface area contributed by atoms with Crippen LogP contribution in [0.3, 0.4) is 0 Å². The smallest absolute Gasteiger partial charge is 0.125 e. The van der Waals surface area contributed by atoms with Crippen LogP contribution in [0, 0.1) is 5.92 Å². The largest absolute Gasteiger partial charge is 0.334 e. The second-order valence-electron chi connectivity index (χ2n) is 4.84. The lowest BCUT2D eigenvalue weighted by Crippen LogP contribution is -2.26. The van der Waals surface area contributed by atoms with Crippen LogP contribution in [0.5, 0.6) is 0 Å². The number of hydrogen-bond donors (Lipinski definition) is 1. The van der Waals surface area contributed by atoms with Crippen molar-refractivity contribution in [2.24, 2.45) is 5.92 Å². The van der Waals surface area contributed by atoms with Gasteiger partial charge in [0.1, 0.15) is 5.82 Å². The molecule has 0 aliphatic carbocycles. The fourth-order valence-electron chi connectivity index (χ4n) is 2.16. The first kappa shape index (κ1) is 14.2. The van der Waals surface area contributed by atoms with E-state index in [1.54, 1.807) is 0 Å². The summed E-state index contributed by atoms with van der Waals surface area (Å²) in [6, 6.07) is 0.400. The third kappa shape index (κ3) is 4.15. The molecule has 0 spiro atoms. The van der Waals surface area contributed by atoms with Gasteiger partial charge in [-0.05, 0) is 25.3 Å². The Hall–Kier alpha value is -0.830. The molecule has 1 rings (SSSR count). The number of rotatable bonds is 8. The summed E-state index contributed by atoms with van der Waals surface area (Å²) < 4.78 is 2.29. The molecule has 98 valence electrons. The van der Waals surface area contributed by atoms with E-state index in [4.69, 9.17) is 0 Å². The molecule has 0 saturated carbocycles. The highest BCUT2D eigenvalue weighted by molar-refractivity contribution is 5.00. The van der Waals surface area contributed by atoms with Gasteiger partial charge in [0.25, 0.3) is 0 Å². The normalized spacial score (nSPS) is 14.8. The lowest BCUT2D eigenvalue weighted by Gasteiger charge is -2.21. The van der Waals surface area contributed by atoms with E-state index < -0.39 is 0 Å². The Morgan fingerprint density at radius 3 is 2.71 bits per heavy atom. The van der Waals surface area contributed by atoms with Crippen LogP contribution in [0.4, 0.5) is 0 Å². The van der Waals surface area contributed by atoms with Gasteiger partial charge in [-0.3, -0.25) is 0 Å². The molecule has 1 heterocycles. The van der Waals surface area contributed by atoms with Crippen molar-refractivity contribution >= 4 is 0 Å². The van der Waals surface area contributed by atoms with Gasteiger partial charge < -0.3 is 9.88 Å². The molecule has 0 aliphatic rings. The third-order valence-corrected chi connectivity index (χ3v) is 3.31. The van der Waals surface area contributed by atoms with E-state index in [2.05, 4.69) is 48.8 Å². The topological polar surface area (TPSA) is 29.9 Å². The maximum atomic E-state index is 4.54. The summed E-state index contributed by atoms with van der Waals surface area (Å²) in [5.41, 5.74) is 0.